The highest BCUT2D eigenvalue weighted by atomic mass is 16.5. The Labute approximate surface area is 109 Å². The van der Waals surface area contributed by atoms with Gasteiger partial charge in [0.15, 0.2) is 12.2 Å². The summed E-state index contributed by atoms with van der Waals surface area (Å²) in [7, 11) is 0. The number of aliphatic imine (C=N–C) groups is 1. The molecule has 0 spiro atoms. The zero-order valence-corrected chi connectivity index (χ0v) is 11.2. The zero-order valence-electron chi connectivity index (χ0n) is 11.2. The van der Waals surface area contributed by atoms with Gasteiger partial charge < -0.3 is 16.2 Å². The van der Waals surface area contributed by atoms with Crippen molar-refractivity contribution in [2.45, 2.75) is 51.7 Å². The van der Waals surface area contributed by atoms with E-state index in [-0.39, 0.29) is 18.5 Å². The van der Waals surface area contributed by atoms with Crippen molar-refractivity contribution in [2.24, 2.45) is 28.3 Å². The highest BCUT2D eigenvalue weighted by Crippen LogP contribution is 2.34. The Kier molecular flexibility index (Phi) is 4.42. The van der Waals surface area contributed by atoms with Gasteiger partial charge in [-0.15, -0.1) is 0 Å². The van der Waals surface area contributed by atoms with Crippen LogP contribution in [0.15, 0.2) is 4.99 Å². The van der Waals surface area contributed by atoms with Gasteiger partial charge in [-0.05, 0) is 25.7 Å². The fourth-order valence-electron chi connectivity index (χ4n) is 3.17. The van der Waals surface area contributed by atoms with E-state index in [4.69, 9.17) is 16.2 Å². The summed E-state index contributed by atoms with van der Waals surface area (Å²) in [5.41, 5.74) is 10.9. The number of nitrogens with zero attached hydrogens (tertiary/aromatic N) is 1. The zero-order chi connectivity index (χ0) is 13.1. The van der Waals surface area contributed by atoms with Gasteiger partial charge >= 0.3 is 0 Å². The van der Waals surface area contributed by atoms with Crippen LogP contribution >= 0.6 is 0 Å². The number of guanidine groups is 1. The van der Waals surface area contributed by atoms with Crippen LogP contribution in [-0.2, 0) is 4.74 Å². The molecule has 1 heterocycles. The van der Waals surface area contributed by atoms with Crippen molar-refractivity contribution < 1.29 is 4.74 Å². The molecule has 104 valence electrons. The number of fused-ring (bicyclic) bond motifs is 1. The van der Waals surface area contributed by atoms with Crippen LogP contribution in [0.5, 0.6) is 0 Å². The lowest BCUT2D eigenvalue weighted by Crippen LogP contribution is -2.66. The van der Waals surface area contributed by atoms with Crippen molar-refractivity contribution in [3.05, 3.63) is 0 Å². The normalized spacial score (nSPS) is 40.0. The molecular formula is C12H25N5O. The molecule has 1 saturated heterocycles. The molecule has 0 amide bonds. The van der Waals surface area contributed by atoms with Gasteiger partial charge in [0.1, 0.15) is 6.23 Å². The van der Waals surface area contributed by atoms with Gasteiger partial charge in [-0.3, -0.25) is 10.6 Å². The van der Waals surface area contributed by atoms with E-state index in [1.807, 2.05) is 6.92 Å². The number of nitrogens with one attached hydrogen (secondary N) is 2. The lowest BCUT2D eigenvalue weighted by molar-refractivity contribution is -0.0713. The van der Waals surface area contributed by atoms with Crippen LogP contribution in [0.1, 0.15) is 33.1 Å². The largest absolute Gasteiger partial charge is 0.370 e. The lowest BCUT2D eigenvalue weighted by Gasteiger charge is -2.47. The third kappa shape index (κ3) is 2.93. The number of nitrogens with two attached hydrogens (primary N) is 2. The second kappa shape index (κ2) is 5.86. The molecule has 0 radical (unpaired) electrons. The van der Waals surface area contributed by atoms with E-state index in [2.05, 4.69) is 22.5 Å². The molecule has 1 saturated carbocycles. The Bertz CT molecular complexity index is 305. The Morgan fingerprint density at radius 1 is 1.33 bits per heavy atom. The molecule has 1 aliphatic heterocycles. The predicted octanol–water partition coefficient (Wildman–Crippen LogP) is -0.0964. The number of hydrogen-bond donors (Lipinski definition) is 4. The predicted molar refractivity (Wildman–Crippen MR) is 71.6 cm³/mol. The summed E-state index contributed by atoms with van der Waals surface area (Å²) in [5.74, 6) is 1.22. The van der Waals surface area contributed by atoms with Crippen molar-refractivity contribution in [1.82, 2.24) is 10.6 Å². The molecular weight excluding hydrogens is 230 g/mol. The smallest absolute Gasteiger partial charge is 0.188 e. The third-order valence-electron chi connectivity index (χ3n) is 3.96. The van der Waals surface area contributed by atoms with Gasteiger partial charge in [0, 0.05) is 18.6 Å². The lowest BCUT2D eigenvalue weighted by atomic mass is 9.75. The van der Waals surface area contributed by atoms with Crippen LogP contribution in [0.3, 0.4) is 0 Å². The van der Waals surface area contributed by atoms with Gasteiger partial charge in [-0.1, -0.05) is 13.3 Å². The van der Waals surface area contributed by atoms with Crippen molar-refractivity contribution in [3.8, 4) is 0 Å². The first-order valence-corrected chi connectivity index (χ1v) is 6.84. The molecule has 6 heteroatoms. The Balaban J connectivity index is 2.11. The average Bonchev–Trinajstić information content (AvgIpc) is 2.30. The fraction of sp³-hybridized carbons (Fsp3) is 0.917. The summed E-state index contributed by atoms with van der Waals surface area (Å²) < 4.78 is 5.81. The van der Waals surface area contributed by atoms with Crippen molar-refractivity contribution in [3.63, 3.8) is 0 Å². The first kappa shape index (κ1) is 13.6. The van der Waals surface area contributed by atoms with Gasteiger partial charge in [-0.25, -0.2) is 4.99 Å². The Morgan fingerprint density at radius 3 is 2.78 bits per heavy atom. The molecule has 0 bridgehead atoms. The molecule has 6 nitrogen and oxygen atoms in total. The highest BCUT2D eigenvalue weighted by molar-refractivity contribution is 5.75. The van der Waals surface area contributed by atoms with Gasteiger partial charge in [0.2, 0.25) is 0 Å². The van der Waals surface area contributed by atoms with E-state index < -0.39 is 0 Å². The maximum Gasteiger partial charge on any atom is 0.188 e. The van der Waals surface area contributed by atoms with Crippen molar-refractivity contribution in [2.75, 3.05) is 6.61 Å². The summed E-state index contributed by atoms with van der Waals surface area (Å²) in [6.45, 7) is 5.00. The molecule has 18 heavy (non-hydrogen) atoms. The van der Waals surface area contributed by atoms with E-state index in [0.29, 0.717) is 24.5 Å². The van der Waals surface area contributed by atoms with Crippen LogP contribution in [0, 0.1) is 11.8 Å². The van der Waals surface area contributed by atoms with Crippen LogP contribution in [0.25, 0.3) is 0 Å². The van der Waals surface area contributed by atoms with Gasteiger partial charge in [-0.2, -0.15) is 0 Å². The topological polar surface area (TPSA) is 97.7 Å². The van der Waals surface area contributed by atoms with E-state index in [0.717, 1.165) is 0 Å². The van der Waals surface area contributed by atoms with Gasteiger partial charge in [0.05, 0.1) is 0 Å². The second-order valence-electron chi connectivity index (χ2n) is 5.26. The van der Waals surface area contributed by atoms with E-state index in [1.165, 1.54) is 19.3 Å². The summed E-state index contributed by atoms with van der Waals surface area (Å²) in [6.07, 6.45) is 3.50. The van der Waals surface area contributed by atoms with Crippen molar-refractivity contribution in [1.29, 1.82) is 0 Å². The number of rotatable bonds is 3. The fourth-order valence-corrected chi connectivity index (χ4v) is 3.17. The monoisotopic (exact) mass is 255 g/mol. The minimum atomic E-state index is -0.242. The first-order valence-electron chi connectivity index (χ1n) is 6.84. The van der Waals surface area contributed by atoms with E-state index >= 15 is 0 Å². The van der Waals surface area contributed by atoms with Crippen LogP contribution in [0.2, 0.25) is 0 Å². The molecule has 0 aromatic heterocycles. The average molecular weight is 255 g/mol. The number of ether oxygens (including phenoxy) is 1. The third-order valence-corrected chi connectivity index (χ3v) is 3.96. The Hall–Kier alpha value is -0.850. The van der Waals surface area contributed by atoms with E-state index in [1.54, 1.807) is 0 Å². The quantitative estimate of drug-likeness (QED) is 0.417. The molecule has 6 N–H and O–H groups in total. The maximum absolute atomic E-state index is 5.81. The molecule has 1 aliphatic carbocycles. The molecule has 2 rings (SSSR count). The van der Waals surface area contributed by atoms with Crippen molar-refractivity contribution >= 4 is 5.96 Å². The molecule has 2 aliphatic rings. The summed E-state index contributed by atoms with van der Waals surface area (Å²) in [4.78, 5) is 4.16. The summed E-state index contributed by atoms with van der Waals surface area (Å²) in [6, 6.07) is 0.421. The summed E-state index contributed by atoms with van der Waals surface area (Å²) >= 11 is 0. The Morgan fingerprint density at radius 2 is 2.11 bits per heavy atom. The van der Waals surface area contributed by atoms with Crippen LogP contribution in [0.4, 0.5) is 0 Å². The molecule has 0 aromatic rings. The molecule has 0 aromatic carbocycles. The number of hydrogen-bond acceptors (Lipinski definition) is 4. The minimum absolute atomic E-state index is 0.0390. The molecule has 2 fully saturated rings. The minimum Gasteiger partial charge on any atom is -0.370 e. The molecule has 5 unspecified atom stereocenters. The summed E-state index contributed by atoms with van der Waals surface area (Å²) in [5, 5.41) is 6.81. The van der Waals surface area contributed by atoms with E-state index in [9.17, 15) is 0 Å². The second-order valence-corrected chi connectivity index (χ2v) is 5.26. The highest BCUT2D eigenvalue weighted by Gasteiger charge is 2.41. The molecule has 5 atom stereocenters. The van der Waals surface area contributed by atoms with Crippen LogP contribution in [-0.4, -0.2) is 31.1 Å². The van der Waals surface area contributed by atoms with Gasteiger partial charge in [0.25, 0.3) is 0 Å². The first-order chi connectivity index (χ1) is 8.61. The SMILES string of the molecule is CCOC1NC(N=C(N)N)NC2C(C)CCCC12. The maximum atomic E-state index is 5.81. The van der Waals surface area contributed by atoms with Crippen LogP contribution < -0.4 is 22.1 Å². The standard InChI is InChI=1S/C12H25N5O/c1-3-18-10-8-6-4-5-7(2)9(8)15-12(16-10)17-11(13)14/h7-10,12,15-16H,3-6H2,1-2H3,(H4,13,14,17).